The van der Waals surface area contributed by atoms with Gasteiger partial charge in [0.05, 0.1) is 27.6 Å². The second-order valence-corrected chi connectivity index (χ2v) is 15.2. The molecule has 0 amide bonds. The topological polar surface area (TPSA) is 33.6 Å². The Labute approximate surface area is 290 Å². The lowest BCUT2D eigenvalue weighted by atomic mass is 9.78. The second kappa shape index (κ2) is 11.1. The highest BCUT2D eigenvalue weighted by molar-refractivity contribution is 6.11. The van der Waals surface area contributed by atoms with Crippen molar-refractivity contribution in [3.63, 3.8) is 0 Å². The van der Waals surface area contributed by atoms with E-state index in [0.29, 0.717) is 5.56 Å². The first-order valence-corrected chi connectivity index (χ1v) is 17.0. The maximum Gasteiger partial charge on any atom is 0.159 e. The van der Waals surface area contributed by atoms with Gasteiger partial charge in [-0.25, -0.2) is 8.78 Å². The Morgan fingerprint density at radius 3 is 1.12 bits per heavy atom. The summed E-state index contributed by atoms with van der Waals surface area (Å²) < 4.78 is 39.5. The largest absolute Gasteiger partial charge is 0.305 e. The number of fused-ring (bicyclic) bond motifs is 6. The van der Waals surface area contributed by atoms with Gasteiger partial charge in [-0.15, -0.1) is 0 Å². The fourth-order valence-corrected chi connectivity index (χ4v) is 7.41. The van der Waals surface area contributed by atoms with Crippen LogP contribution in [0.4, 0.5) is 8.78 Å². The summed E-state index contributed by atoms with van der Waals surface area (Å²) in [5.41, 5.74) is 4.53. The minimum atomic E-state index is -0.777. The van der Waals surface area contributed by atoms with Gasteiger partial charge >= 0.3 is 0 Å². The molecule has 0 N–H and O–H groups in total. The van der Waals surface area contributed by atoms with Crippen molar-refractivity contribution < 1.29 is 8.78 Å². The molecule has 5 heteroatoms. The first kappa shape index (κ1) is 31.5. The fraction of sp³-hybridized carbons (Fsp3) is 0.178. The number of hydrogen-bond acceptors (Lipinski definition) is 1. The summed E-state index contributed by atoms with van der Waals surface area (Å²) in [6.45, 7) is 12.6. The van der Waals surface area contributed by atoms with E-state index in [2.05, 4.69) is 53.7 Å². The Kier molecular flexibility index (Phi) is 7.03. The SMILES string of the molecule is CC(C)(C)c1cc(-c2c(F)c(-n3c4ccccc4c4ccccc43)c(C#N)c(-n3c4ccccc4c4ccccc43)c2F)cc(C(C)(C)C)c1. The van der Waals surface area contributed by atoms with E-state index in [1.54, 1.807) is 9.13 Å². The molecule has 0 aliphatic heterocycles. The molecule has 2 aromatic heterocycles. The molecule has 0 saturated heterocycles. The Balaban J connectivity index is 1.63. The fourth-order valence-electron chi connectivity index (χ4n) is 7.41. The van der Waals surface area contributed by atoms with Crippen LogP contribution < -0.4 is 0 Å². The molecule has 0 unspecified atom stereocenters. The van der Waals surface area contributed by atoms with Crippen molar-refractivity contribution in [2.45, 2.75) is 52.4 Å². The Hall–Kier alpha value is -5.73. The van der Waals surface area contributed by atoms with Crippen molar-refractivity contribution in [3.8, 4) is 28.6 Å². The molecule has 0 fully saturated rings. The molecule has 0 aliphatic carbocycles. The smallest absolute Gasteiger partial charge is 0.159 e. The van der Waals surface area contributed by atoms with Gasteiger partial charge in [-0.05, 0) is 51.8 Å². The van der Waals surface area contributed by atoms with Crippen LogP contribution in [0.3, 0.4) is 0 Å². The van der Waals surface area contributed by atoms with Gasteiger partial charge in [-0.3, -0.25) is 0 Å². The molecule has 0 bridgehead atoms. The van der Waals surface area contributed by atoms with Crippen LogP contribution in [0.5, 0.6) is 0 Å². The van der Waals surface area contributed by atoms with Crippen LogP contribution in [-0.4, -0.2) is 9.13 Å². The molecular weight excluding hydrogens is 621 g/mol. The Bertz CT molecular complexity index is 2430. The van der Waals surface area contributed by atoms with E-state index in [9.17, 15) is 5.26 Å². The molecule has 0 aliphatic rings. The number of benzene rings is 6. The monoisotopic (exact) mass is 657 g/mol. The molecule has 8 aromatic rings. The minimum Gasteiger partial charge on any atom is -0.305 e. The van der Waals surface area contributed by atoms with Crippen molar-refractivity contribution in [1.82, 2.24) is 9.13 Å². The highest BCUT2D eigenvalue weighted by Crippen LogP contribution is 2.45. The first-order chi connectivity index (χ1) is 23.9. The molecule has 6 aromatic carbocycles. The summed E-state index contributed by atoms with van der Waals surface area (Å²) in [6.07, 6.45) is 0. The van der Waals surface area contributed by atoms with E-state index in [1.807, 2.05) is 109 Å². The summed E-state index contributed by atoms with van der Waals surface area (Å²) in [4.78, 5) is 0. The third-order valence-electron chi connectivity index (χ3n) is 10.0. The van der Waals surface area contributed by atoms with Crippen LogP contribution in [0.15, 0.2) is 115 Å². The van der Waals surface area contributed by atoms with Gasteiger partial charge in [0.25, 0.3) is 0 Å². The molecule has 50 heavy (non-hydrogen) atoms. The van der Waals surface area contributed by atoms with Crippen molar-refractivity contribution >= 4 is 43.6 Å². The van der Waals surface area contributed by atoms with E-state index in [1.165, 1.54) is 0 Å². The number of rotatable bonds is 3. The molecule has 2 heterocycles. The third kappa shape index (κ3) is 4.66. The van der Waals surface area contributed by atoms with Crippen LogP contribution in [0.2, 0.25) is 0 Å². The normalized spacial score (nSPS) is 12.4. The highest BCUT2D eigenvalue weighted by atomic mass is 19.1. The van der Waals surface area contributed by atoms with Crippen molar-refractivity contribution in [2.24, 2.45) is 0 Å². The predicted octanol–water partition coefficient (Wildman–Crippen LogP) is 12.3. The van der Waals surface area contributed by atoms with Crippen LogP contribution in [0.25, 0.3) is 66.1 Å². The lowest BCUT2D eigenvalue weighted by Gasteiger charge is -2.27. The van der Waals surface area contributed by atoms with E-state index in [-0.39, 0.29) is 33.3 Å². The van der Waals surface area contributed by atoms with Gasteiger partial charge < -0.3 is 9.13 Å². The highest BCUT2D eigenvalue weighted by Gasteiger charge is 2.32. The van der Waals surface area contributed by atoms with Gasteiger partial charge in [0.2, 0.25) is 0 Å². The van der Waals surface area contributed by atoms with E-state index in [4.69, 9.17) is 0 Å². The average Bonchev–Trinajstić information content (AvgIpc) is 3.60. The lowest BCUT2D eigenvalue weighted by molar-refractivity contribution is 0.566. The number of aromatic nitrogens is 2. The molecule has 0 atom stereocenters. The number of nitrogens with zero attached hydrogens (tertiary/aromatic N) is 3. The van der Waals surface area contributed by atoms with Crippen LogP contribution in [-0.2, 0) is 10.8 Å². The standard InChI is InChI=1S/C45H37F2N3/c1-44(2,3)28-23-27(24-29(25-28)45(4,5)6)39-40(46)42(49-35-19-11-7-15-30(35)31-16-8-12-20-36(31)49)34(26-48)43(41(39)47)50-37-21-13-9-17-32(37)33-18-10-14-22-38(33)50/h7-25H,1-6H3. The molecule has 0 radical (unpaired) electrons. The summed E-state index contributed by atoms with van der Waals surface area (Å²) in [7, 11) is 0. The molecule has 8 rings (SSSR count). The quantitative estimate of drug-likeness (QED) is 0.186. The van der Waals surface area contributed by atoms with E-state index < -0.39 is 11.6 Å². The van der Waals surface area contributed by atoms with Crippen molar-refractivity contribution in [2.75, 3.05) is 0 Å². The second-order valence-electron chi connectivity index (χ2n) is 15.2. The summed E-state index contributed by atoms with van der Waals surface area (Å²) in [5.74, 6) is -1.55. The van der Waals surface area contributed by atoms with Crippen LogP contribution >= 0.6 is 0 Å². The number of hydrogen-bond donors (Lipinski definition) is 0. The molecule has 246 valence electrons. The zero-order valence-corrected chi connectivity index (χ0v) is 29.1. The van der Waals surface area contributed by atoms with Crippen LogP contribution in [0.1, 0.15) is 58.2 Å². The lowest BCUT2D eigenvalue weighted by Crippen LogP contribution is -2.17. The maximum atomic E-state index is 18.0. The van der Waals surface area contributed by atoms with Gasteiger partial charge in [-0.1, -0.05) is 133 Å². The zero-order valence-electron chi connectivity index (χ0n) is 29.1. The van der Waals surface area contributed by atoms with Crippen molar-refractivity contribution in [1.29, 1.82) is 5.26 Å². The molecule has 0 spiro atoms. The number of para-hydroxylation sites is 4. The summed E-state index contributed by atoms with van der Waals surface area (Å²) in [5, 5.41) is 14.8. The number of nitriles is 1. The van der Waals surface area contributed by atoms with Crippen molar-refractivity contribution in [3.05, 3.63) is 144 Å². The van der Waals surface area contributed by atoms with Crippen LogP contribution in [0, 0.1) is 23.0 Å². The molecule has 0 saturated carbocycles. The van der Waals surface area contributed by atoms with Gasteiger partial charge in [0.15, 0.2) is 11.6 Å². The number of halogens is 2. The zero-order chi connectivity index (χ0) is 35.1. The van der Waals surface area contributed by atoms with E-state index in [0.717, 1.165) is 54.7 Å². The predicted molar refractivity (Wildman–Crippen MR) is 203 cm³/mol. The Morgan fingerprint density at radius 1 is 0.500 bits per heavy atom. The summed E-state index contributed by atoms with van der Waals surface area (Å²) >= 11 is 0. The van der Waals surface area contributed by atoms with Gasteiger partial charge in [0, 0.05) is 21.5 Å². The third-order valence-corrected chi connectivity index (χ3v) is 10.0. The van der Waals surface area contributed by atoms with Gasteiger partial charge in [0.1, 0.15) is 23.0 Å². The maximum absolute atomic E-state index is 18.0. The first-order valence-electron chi connectivity index (χ1n) is 17.0. The average molecular weight is 658 g/mol. The molecular formula is C45H37F2N3. The van der Waals surface area contributed by atoms with E-state index >= 15 is 8.78 Å². The summed E-state index contributed by atoms with van der Waals surface area (Å²) in [6, 6.07) is 39.4. The Morgan fingerprint density at radius 2 is 0.820 bits per heavy atom. The molecule has 3 nitrogen and oxygen atoms in total. The minimum absolute atomic E-state index is 0.0247. The van der Waals surface area contributed by atoms with Gasteiger partial charge in [-0.2, -0.15) is 5.26 Å².